The maximum Gasteiger partial charge on any atom is 0.264 e. The van der Waals surface area contributed by atoms with E-state index in [9.17, 15) is 23.8 Å². The number of aliphatic hydroxyl groups excluding tert-OH is 2. The standard InChI is InChI=1S/C21H28Cl2F2N2O3/c1-10-12-4-3-5-14(20(30)21(24)25)13(12)6-7-27(10)17(29)8-15-16(22)9-26-19(11(2)28)18(15)23/h9-14,20-21,28,30H,3-8H2,1-2H3. The molecule has 1 aromatic heterocycles. The molecule has 1 amide bonds. The van der Waals surface area contributed by atoms with Crippen molar-refractivity contribution in [3.05, 3.63) is 27.5 Å². The van der Waals surface area contributed by atoms with E-state index >= 15 is 0 Å². The number of pyridine rings is 1. The molecule has 1 aromatic rings. The van der Waals surface area contributed by atoms with Crippen LogP contribution >= 0.6 is 23.2 Å². The van der Waals surface area contributed by atoms with E-state index in [1.807, 2.05) is 6.92 Å². The van der Waals surface area contributed by atoms with Gasteiger partial charge >= 0.3 is 0 Å². The zero-order valence-electron chi connectivity index (χ0n) is 17.1. The van der Waals surface area contributed by atoms with Gasteiger partial charge in [0.05, 0.1) is 28.3 Å². The van der Waals surface area contributed by atoms with Crippen molar-refractivity contribution in [3.63, 3.8) is 0 Å². The first-order chi connectivity index (χ1) is 14.1. The highest BCUT2D eigenvalue weighted by molar-refractivity contribution is 6.36. The zero-order chi connectivity index (χ0) is 22.2. The van der Waals surface area contributed by atoms with Gasteiger partial charge in [-0.25, -0.2) is 8.78 Å². The molecule has 1 aliphatic carbocycles. The summed E-state index contributed by atoms with van der Waals surface area (Å²) in [6.07, 6.45) is -1.09. The van der Waals surface area contributed by atoms with Gasteiger partial charge in [0.25, 0.3) is 6.43 Å². The van der Waals surface area contributed by atoms with Crippen molar-refractivity contribution in [2.75, 3.05) is 6.54 Å². The number of halogens is 4. The summed E-state index contributed by atoms with van der Waals surface area (Å²) >= 11 is 12.6. The monoisotopic (exact) mass is 464 g/mol. The summed E-state index contributed by atoms with van der Waals surface area (Å²) in [7, 11) is 0. The number of fused-ring (bicyclic) bond motifs is 1. The fourth-order valence-corrected chi connectivity index (χ4v) is 5.91. The number of hydrogen-bond donors (Lipinski definition) is 2. The molecular weight excluding hydrogens is 437 g/mol. The molecule has 168 valence electrons. The second kappa shape index (κ2) is 9.63. The predicted octanol–water partition coefficient (Wildman–Crippen LogP) is 4.26. The zero-order valence-corrected chi connectivity index (χ0v) is 18.6. The lowest BCUT2D eigenvalue weighted by molar-refractivity contribution is -0.141. The van der Waals surface area contributed by atoms with Gasteiger partial charge in [-0.15, -0.1) is 0 Å². The van der Waals surface area contributed by atoms with Gasteiger partial charge in [-0.3, -0.25) is 9.78 Å². The third-order valence-corrected chi connectivity index (χ3v) is 7.57. The Morgan fingerprint density at radius 1 is 1.27 bits per heavy atom. The van der Waals surface area contributed by atoms with E-state index in [4.69, 9.17) is 23.2 Å². The normalized spacial score (nSPS) is 28.9. The van der Waals surface area contributed by atoms with Gasteiger partial charge < -0.3 is 15.1 Å². The summed E-state index contributed by atoms with van der Waals surface area (Å²) in [6, 6.07) is -0.125. The maximum absolute atomic E-state index is 13.1. The number of piperidine rings is 1. The van der Waals surface area contributed by atoms with Crippen LogP contribution in [0, 0.1) is 17.8 Å². The molecule has 0 bridgehead atoms. The lowest BCUT2D eigenvalue weighted by Gasteiger charge is -2.50. The molecule has 30 heavy (non-hydrogen) atoms. The molecule has 2 N–H and O–H groups in total. The molecule has 2 fully saturated rings. The molecule has 0 radical (unpaired) electrons. The van der Waals surface area contributed by atoms with E-state index in [1.165, 1.54) is 13.1 Å². The first kappa shape index (κ1) is 23.6. The fraction of sp³-hybridized carbons (Fsp3) is 0.714. The van der Waals surface area contributed by atoms with Crippen molar-refractivity contribution >= 4 is 29.1 Å². The Labute approximate surface area is 185 Å². The van der Waals surface area contributed by atoms with E-state index in [0.29, 0.717) is 24.9 Å². The first-order valence-corrected chi connectivity index (χ1v) is 11.2. The Balaban J connectivity index is 1.76. The van der Waals surface area contributed by atoms with Gasteiger partial charge in [-0.2, -0.15) is 0 Å². The molecule has 9 heteroatoms. The largest absolute Gasteiger partial charge is 0.387 e. The molecular formula is C21H28Cl2F2N2O3. The highest BCUT2D eigenvalue weighted by Crippen LogP contribution is 2.45. The van der Waals surface area contributed by atoms with Crippen molar-refractivity contribution in [2.45, 2.75) is 70.6 Å². The number of rotatable bonds is 5. The predicted molar refractivity (Wildman–Crippen MR) is 111 cm³/mol. The topological polar surface area (TPSA) is 73.7 Å². The van der Waals surface area contributed by atoms with Crippen LogP contribution in [0.5, 0.6) is 0 Å². The van der Waals surface area contributed by atoms with Crippen LogP contribution in [0.3, 0.4) is 0 Å². The van der Waals surface area contributed by atoms with Crippen LogP contribution in [0.25, 0.3) is 0 Å². The number of carbonyl (C=O) groups is 1. The van der Waals surface area contributed by atoms with Gasteiger partial charge in [0.15, 0.2) is 0 Å². The number of alkyl halides is 2. The molecule has 0 aromatic carbocycles. The van der Waals surface area contributed by atoms with Crippen LogP contribution < -0.4 is 0 Å². The number of carbonyl (C=O) groups excluding carboxylic acids is 1. The minimum Gasteiger partial charge on any atom is -0.387 e. The molecule has 1 saturated carbocycles. The van der Waals surface area contributed by atoms with Crippen molar-refractivity contribution in [2.24, 2.45) is 17.8 Å². The van der Waals surface area contributed by atoms with E-state index in [-0.39, 0.29) is 45.9 Å². The average molecular weight is 465 g/mol. The fourth-order valence-electron chi connectivity index (χ4n) is 5.27. The molecule has 5 nitrogen and oxygen atoms in total. The summed E-state index contributed by atoms with van der Waals surface area (Å²) in [4.78, 5) is 18.9. The van der Waals surface area contributed by atoms with Crippen LogP contribution in [0.4, 0.5) is 8.78 Å². The second-order valence-electron chi connectivity index (χ2n) is 8.50. The third-order valence-electron chi connectivity index (χ3n) is 6.83. The van der Waals surface area contributed by atoms with Crippen molar-refractivity contribution in [1.29, 1.82) is 0 Å². The Morgan fingerprint density at radius 2 is 1.97 bits per heavy atom. The Hall–Kier alpha value is -1.02. The van der Waals surface area contributed by atoms with Crippen LogP contribution in [-0.4, -0.2) is 51.1 Å². The summed E-state index contributed by atoms with van der Waals surface area (Å²) in [5.41, 5.74) is 0.699. The van der Waals surface area contributed by atoms with Gasteiger partial charge in [0.1, 0.15) is 6.10 Å². The molecule has 0 spiro atoms. The number of hydrogen-bond acceptors (Lipinski definition) is 4. The summed E-state index contributed by atoms with van der Waals surface area (Å²) < 4.78 is 26.2. The summed E-state index contributed by atoms with van der Waals surface area (Å²) in [6.45, 7) is 3.92. The van der Waals surface area contributed by atoms with Crippen molar-refractivity contribution in [1.82, 2.24) is 9.88 Å². The lowest BCUT2D eigenvalue weighted by Crippen LogP contribution is -2.55. The third kappa shape index (κ3) is 4.59. The highest BCUT2D eigenvalue weighted by atomic mass is 35.5. The molecule has 3 rings (SSSR count). The highest BCUT2D eigenvalue weighted by Gasteiger charge is 2.46. The van der Waals surface area contributed by atoms with E-state index < -0.39 is 24.6 Å². The quantitative estimate of drug-likeness (QED) is 0.682. The second-order valence-corrected chi connectivity index (χ2v) is 9.29. The van der Waals surface area contributed by atoms with Crippen LogP contribution in [0.1, 0.15) is 56.9 Å². The number of nitrogens with zero attached hydrogens (tertiary/aromatic N) is 2. The van der Waals surface area contributed by atoms with Crippen molar-refractivity contribution in [3.8, 4) is 0 Å². The van der Waals surface area contributed by atoms with Crippen LogP contribution in [-0.2, 0) is 11.2 Å². The summed E-state index contributed by atoms with van der Waals surface area (Å²) in [5, 5.41) is 20.3. The minimum atomic E-state index is -2.75. The van der Waals surface area contributed by atoms with Gasteiger partial charge in [0.2, 0.25) is 5.91 Å². The SMILES string of the molecule is CC(O)c1ncc(Cl)c(CC(=O)N2CCC3C(C(O)C(F)F)CCCC3C2C)c1Cl. The van der Waals surface area contributed by atoms with E-state index in [2.05, 4.69) is 4.98 Å². The number of amides is 1. The van der Waals surface area contributed by atoms with Crippen LogP contribution in [0.2, 0.25) is 10.0 Å². The van der Waals surface area contributed by atoms with Gasteiger partial charge in [-0.05, 0) is 50.9 Å². The van der Waals surface area contributed by atoms with Crippen molar-refractivity contribution < 1.29 is 23.8 Å². The van der Waals surface area contributed by atoms with Gasteiger partial charge in [-0.1, -0.05) is 29.6 Å². The lowest BCUT2D eigenvalue weighted by atomic mass is 9.64. The molecule has 6 unspecified atom stereocenters. The molecule has 1 saturated heterocycles. The first-order valence-electron chi connectivity index (χ1n) is 10.4. The number of aromatic nitrogens is 1. The van der Waals surface area contributed by atoms with Crippen LogP contribution in [0.15, 0.2) is 6.20 Å². The minimum absolute atomic E-state index is 0.0169. The Bertz CT molecular complexity index is 781. The van der Waals surface area contributed by atoms with Gasteiger partial charge in [0, 0.05) is 24.3 Å². The Morgan fingerprint density at radius 3 is 2.60 bits per heavy atom. The smallest absolute Gasteiger partial charge is 0.264 e. The van der Waals surface area contributed by atoms with E-state index in [0.717, 1.165) is 12.8 Å². The van der Waals surface area contributed by atoms with E-state index in [1.54, 1.807) is 4.90 Å². The molecule has 2 heterocycles. The molecule has 1 aliphatic heterocycles. The number of likely N-dealkylation sites (tertiary alicyclic amines) is 1. The Kier molecular flexibility index (Phi) is 7.59. The molecule has 2 aliphatic rings. The average Bonchev–Trinajstić information content (AvgIpc) is 2.70. The summed E-state index contributed by atoms with van der Waals surface area (Å²) in [5.74, 6) is -0.520. The maximum atomic E-state index is 13.1. The molecule has 6 atom stereocenters. The number of aliphatic hydroxyl groups is 2.